The van der Waals surface area contributed by atoms with E-state index in [0.717, 1.165) is 4.31 Å². The molecule has 0 saturated heterocycles. The molecular weight excluding hydrogens is 530 g/mol. The van der Waals surface area contributed by atoms with E-state index in [9.17, 15) is 21.6 Å². The first-order valence-corrected chi connectivity index (χ1v) is 14.1. The molecular formula is C23H22ClN3O7S2. The van der Waals surface area contributed by atoms with Crippen molar-refractivity contribution in [3.05, 3.63) is 71.8 Å². The number of nitrogens with zero attached hydrogens (tertiary/aromatic N) is 1. The van der Waals surface area contributed by atoms with Gasteiger partial charge in [-0.3, -0.25) is 13.8 Å². The van der Waals surface area contributed by atoms with Gasteiger partial charge in [-0.2, -0.15) is 0 Å². The Morgan fingerprint density at radius 3 is 2.36 bits per heavy atom. The predicted molar refractivity (Wildman–Crippen MR) is 137 cm³/mol. The van der Waals surface area contributed by atoms with Gasteiger partial charge < -0.3 is 14.8 Å². The smallest absolute Gasteiger partial charge is 0.261 e. The van der Waals surface area contributed by atoms with Gasteiger partial charge in [0.15, 0.2) is 11.5 Å². The number of anilines is 3. The van der Waals surface area contributed by atoms with E-state index in [0.29, 0.717) is 27.9 Å². The van der Waals surface area contributed by atoms with Crippen LogP contribution in [0.15, 0.2) is 71.6 Å². The summed E-state index contributed by atoms with van der Waals surface area (Å²) in [5.74, 6) is 0.0302. The number of carbonyl (C=O) groups excluding carboxylic acids is 1. The number of ether oxygens (including phenoxy) is 2. The van der Waals surface area contributed by atoms with Crippen LogP contribution >= 0.6 is 11.6 Å². The summed E-state index contributed by atoms with van der Waals surface area (Å²) in [5, 5.41) is 2.98. The topological polar surface area (TPSA) is 131 Å². The summed E-state index contributed by atoms with van der Waals surface area (Å²) < 4.78 is 64.7. The minimum Gasteiger partial charge on any atom is -0.454 e. The molecule has 0 spiro atoms. The number of hydrogen-bond donors (Lipinski definition) is 2. The molecule has 10 nitrogen and oxygen atoms in total. The fourth-order valence-electron chi connectivity index (χ4n) is 3.36. The van der Waals surface area contributed by atoms with Crippen LogP contribution in [-0.2, 0) is 24.8 Å². The Morgan fingerprint density at radius 2 is 1.67 bits per heavy atom. The van der Waals surface area contributed by atoms with Crippen molar-refractivity contribution in [1.82, 2.24) is 0 Å². The highest BCUT2D eigenvalue weighted by atomic mass is 35.5. The highest BCUT2D eigenvalue weighted by molar-refractivity contribution is 7.93. The molecule has 2 N–H and O–H groups in total. The molecule has 0 aliphatic carbocycles. The molecule has 1 heterocycles. The van der Waals surface area contributed by atoms with Crippen LogP contribution in [0.25, 0.3) is 0 Å². The largest absolute Gasteiger partial charge is 0.454 e. The minimum absolute atomic E-state index is 0.0279. The van der Waals surface area contributed by atoms with Gasteiger partial charge in [0.05, 0.1) is 22.0 Å². The van der Waals surface area contributed by atoms with Crippen molar-refractivity contribution in [2.75, 3.05) is 33.4 Å². The number of rotatable bonds is 9. The summed E-state index contributed by atoms with van der Waals surface area (Å²) in [4.78, 5) is 12.7. The van der Waals surface area contributed by atoms with Crippen LogP contribution in [-0.4, -0.2) is 41.8 Å². The number of benzene rings is 3. The lowest BCUT2D eigenvalue weighted by Gasteiger charge is -2.23. The molecule has 0 aromatic heterocycles. The molecule has 0 unspecified atom stereocenters. The zero-order valence-electron chi connectivity index (χ0n) is 19.0. The third kappa shape index (κ3) is 5.83. The van der Waals surface area contributed by atoms with E-state index in [1.165, 1.54) is 49.4 Å². The van der Waals surface area contributed by atoms with Gasteiger partial charge in [-0.25, -0.2) is 16.8 Å². The first-order chi connectivity index (χ1) is 17.1. The average molecular weight is 552 g/mol. The van der Waals surface area contributed by atoms with Gasteiger partial charge in [0, 0.05) is 16.8 Å². The van der Waals surface area contributed by atoms with Crippen LogP contribution in [0.3, 0.4) is 0 Å². The van der Waals surface area contributed by atoms with E-state index < -0.39 is 32.5 Å². The number of carbonyl (C=O) groups is 1. The summed E-state index contributed by atoms with van der Waals surface area (Å²) in [7, 11) is -7.69. The highest BCUT2D eigenvalue weighted by Gasteiger charge is 2.26. The van der Waals surface area contributed by atoms with Crippen molar-refractivity contribution in [2.45, 2.75) is 11.8 Å². The Labute approximate surface area is 213 Å². The number of amides is 1. The molecule has 0 fully saturated rings. The van der Waals surface area contributed by atoms with E-state index in [1.54, 1.807) is 24.3 Å². The molecule has 0 atom stereocenters. The number of halogens is 1. The highest BCUT2D eigenvalue weighted by Crippen LogP contribution is 2.36. The summed E-state index contributed by atoms with van der Waals surface area (Å²) in [6, 6.07) is 16.3. The number of sulfonamides is 2. The second-order valence-electron chi connectivity index (χ2n) is 7.63. The molecule has 0 bridgehead atoms. The third-order valence-corrected chi connectivity index (χ3v) is 8.53. The molecule has 0 saturated carbocycles. The quantitative estimate of drug-likeness (QED) is 0.415. The lowest BCUT2D eigenvalue weighted by Crippen LogP contribution is -2.39. The molecule has 0 radical (unpaired) electrons. The molecule has 13 heteroatoms. The lowest BCUT2D eigenvalue weighted by atomic mass is 10.2. The monoisotopic (exact) mass is 551 g/mol. The van der Waals surface area contributed by atoms with Gasteiger partial charge in [-0.1, -0.05) is 17.7 Å². The molecule has 190 valence electrons. The van der Waals surface area contributed by atoms with Crippen LogP contribution in [0.5, 0.6) is 11.5 Å². The molecule has 1 aliphatic rings. The third-order valence-electron chi connectivity index (χ3n) is 5.16. The van der Waals surface area contributed by atoms with Crippen molar-refractivity contribution in [3.8, 4) is 11.5 Å². The van der Waals surface area contributed by atoms with Crippen LogP contribution in [0.1, 0.15) is 6.92 Å². The van der Waals surface area contributed by atoms with Crippen molar-refractivity contribution in [1.29, 1.82) is 0 Å². The molecule has 36 heavy (non-hydrogen) atoms. The maximum atomic E-state index is 12.7. The van der Waals surface area contributed by atoms with Gasteiger partial charge >= 0.3 is 0 Å². The molecule has 3 aromatic carbocycles. The Bertz CT molecular complexity index is 1490. The lowest BCUT2D eigenvalue weighted by molar-refractivity contribution is -0.114. The summed E-state index contributed by atoms with van der Waals surface area (Å²) >= 11 is 5.90. The Kier molecular flexibility index (Phi) is 7.29. The van der Waals surface area contributed by atoms with Gasteiger partial charge in [0.2, 0.25) is 22.7 Å². The van der Waals surface area contributed by atoms with Gasteiger partial charge in [0.1, 0.15) is 6.54 Å². The number of hydrogen-bond acceptors (Lipinski definition) is 7. The Morgan fingerprint density at radius 1 is 0.944 bits per heavy atom. The van der Waals surface area contributed by atoms with Crippen LogP contribution in [0, 0.1) is 0 Å². The van der Waals surface area contributed by atoms with E-state index in [4.69, 9.17) is 21.1 Å². The van der Waals surface area contributed by atoms with Gasteiger partial charge in [-0.05, 0) is 61.5 Å². The van der Waals surface area contributed by atoms with Crippen LogP contribution < -0.4 is 23.8 Å². The average Bonchev–Trinajstić information content (AvgIpc) is 3.30. The number of nitrogens with one attached hydrogen (secondary N) is 2. The van der Waals surface area contributed by atoms with Crippen LogP contribution in [0.2, 0.25) is 5.02 Å². The van der Waals surface area contributed by atoms with E-state index in [2.05, 4.69) is 10.0 Å². The SMILES string of the molecule is CCS(=O)(=O)N(CC(=O)Nc1ccc(S(=O)(=O)Nc2cccc(Cl)c2)cc1)c1ccc2c(c1)OCO2. The second kappa shape index (κ2) is 10.2. The van der Waals surface area contributed by atoms with Crippen molar-refractivity contribution < 1.29 is 31.1 Å². The normalized spacial score (nSPS) is 12.7. The maximum absolute atomic E-state index is 12.7. The van der Waals surface area contributed by atoms with E-state index >= 15 is 0 Å². The first kappa shape index (κ1) is 25.6. The van der Waals surface area contributed by atoms with Crippen molar-refractivity contribution in [3.63, 3.8) is 0 Å². The molecule has 4 rings (SSSR count). The van der Waals surface area contributed by atoms with Gasteiger partial charge in [0.25, 0.3) is 10.0 Å². The zero-order valence-corrected chi connectivity index (χ0v) is 21.4. The van der Waals surface area contributed by atoms with Crippen LogP contribution in [0.4, 0.5) is 17.1 Å². The summed E-state index contributed by atoms with van der Waals surface area (Å²) in [6.45, 7) is 1.01. The molecule has 1 aliphatic heterocycles. The van der Waals surface area contributed by atoms with Gasteiger partial charge in [-0.15, -0.1) is 0 Å². The molecule has 1 amide bonds. The zero-order chi connectivity index (χ0) is 25.9. The minimum atomic E-state index is -3.89. The van der Waals surface area contributed by atoms with E-state index in [-0.39, 0.29) is 23.1 Å². The second-order valence-corrected chi connectivity index (χ2v) is 11.9. The number of fused-ring (bicyclic) bond motifs is 1. The summed E-state index contributed by atoms with van der Waals surface area (Å²) in [6.07, 6.45) is 0. The predicted octanol–water partition coefficient (Wildman–Crippen LogP) is 3.66. The van der Waals surface area contributed by atoms with Crippen molar-refractivity contribution in [2.24, 2.45) is 0 Å². The standard InChI is InChI=1S/C23H22ClN3O7S2/c1-2-35(29,30)27(19-8-11-21-22(13-19)34-15-33-21)14-23(28)25-17-6-9-20(10-7-17)36(31,32)26-18-5-3-4-16(24)12-18/h3-13,26H,2,14-15H2,1H3,(H,25,28). The maximum Gasteiger partial charge on any atom is 0.261 e. The fourth-order valence-corrected chi connectivity index (χ4v) is 5.66. The first-order valence-electron chi connectivity index (χ1n) is 10.7. The van der Waals surface area contributed by atoms with E-state index in [1.807, 2.05) is 0 Å². The molecule has 3 aromatic rings. The Balaban J connectivity index is 1.47. The van der Waals surface area contributed by atoms with Crippen molar-refractivity contribution >= 4 is 54.6 Å². The Hall–Kier alpha value is -3.48. The fraction of sp³-hybridized carbons (Fsp3) is 0.174. The summed E-state index contributed by atoms with van der Waals surface area (Å²) in [5.41, 5.74) is 0.853.